The number of nitrogens with zero attached hydrogens (tertiary/aromatic N) is 1. The second-order valence-corrected chi connectivity index (χ2v) is 9.65. The first kappa shape index (κ1) is 24.5. The molecule has 0 spiro atoms. The Bertz CT molecular complexity index is 1280. The van der Waals surface area contributed by atoms with E-state index < -0.39 is 17.7 Å². The van der Waals surface area contributed by atoms with Gasteiger partial charge in [0.15, 0.2) is 0 Å². The van der Waals surface area contributed by atoms with Crippen molar-refractivity contribution in [1.82, 2.24) is 0 Å². The van der Waals surface area contributed by atoms with Gasteiger partial charge in [0.1, 0.15) is 23.3 Å². The van der Waals surface area contributed by atoms with Gasteiger partial charge in [0.2, 0.25) is 0 Å². The first-order valence-electron chi connectivity index (χ1n) is 11.5. The lowest BCUT2D eigenvalue weighted by molar-refractivity contribution is -0.132. The maximum Gasteiger partial charge on any atom is 0.300 e. The van der Waals surface area contributed by atoms with Crippen molar-refractivity contribution >= 4 is 34.5 Å². The number of aliphatic hydroxyl groups is 1. The van der Waals surface area contributed by atoms with Crippen LogP contribution in [0.5, 0.6) is 11.5 Å². The summed E-state index contributed by atoms with van der Waals surface area (Å²) in [7, 11) is 1.61. The molecule has 6 nitrogen and oxygen atoms in total. The van der Waals surface area contributed by atoms with Gasteiger partial charge in [-0.25, -0.2) is 0 Å². The number of aliphatic hydroxyl groups excluding tert-OH is 1. The molecule has 0 saturated carbocycles. The number of methoxy groups -OCH3 is 1. The molecule has 1 N–H and O–H groups in total. The molecule has 2 aromatic carbocycles. The van der Waals surface area contributed by atoms with Gasteiger partial charge >= 0.3 is 0 Å². The number of rotatable bonds is 7. The average molecular weight is 492 g/mol. The number of carbonyl (C=O) groups excluding carboxylic acids is 2. The molecule has 182 valence electrons. The predicted molar refractivity (Wildman–Crippen MR) is 139 cm³/mol. The van der Waals surface area contributed by atoms with E-state index in [4.69, 9.17) is 9.47 Å². The van der Waals surface area contributed by atoms with Crippen LogP contribution >= 0.6 is 11.3 Å². The quantitative estimate of drug-likeness (QED) is 0.241. The molecule has 0 bridgehead atoms. The maximum atomic E-state index is 13.4. The lowest BCUT2D eigenvalue weighted by atomic mass is 9.92. The Hall–Kier alpha value is -3.58. The molecule has 1 aliphatic rings. The van der Waals surface area contributed by atoms with Gasteiger partial charge in [0, 0.05) is 16.1 Å². The Labute approximate surface area is 209 Å². The van der Waals surface area contributed by atoms with Crippen LogP contribution in [0.4, 0.5) is 5.69 Å². The zero-order valence-corrected chi connectivity index (χ0v) is 21.3. The molecule has 1 amide bonds. The number of Topliss-reactive ketones (excluding diaryl/α,β-unsaturated/α-hetero) is 1. The summed E-state index contributed by atoms with van der Waals surface area (Å²) in [5.41, 5.74) is 2.81. The Morgan fingerprint density at radius 3 is 2.43 bits per heavy atom. The van der Waals surface area contributed by atoms with Gasteiger partial charge in [-0.2, -0.15) is 0 Å². The SMILES string of the molecule is CCOc1ccc(N2C(=O)C(=O)/C(=C(/O)c3cc(C(C)C)c(OC)cc3C)C2c2cccs2)cc1. The van der Waals surface area contributed by atoms with Gasteiger partial charge in [0.25, 0.3) is 11.7 Å². The fourth-order valence-corrected chi connectivity index (χ4v) is 5.23. The lowest BCUT2D eigenvalue weighted by Gasteiger charge is -2.24. The fraction of sp³-hybridized carbons (Fsp3) is 0.286. The third-order valence-corrected chi connectivity index (χ3v) is 7.06. The van der Waals surface area contributed by atoms with Crippen LogP contribution in [0.2, 0.25) is 0 Å². The zero-order chi connectivity index (χ0) is 25.3. The van der Waals surface area contributed by atoms with Crippen molar-refractivity contribution < 1.29 is 24.2 Å². The van der Waals surface area contributed by atoms with E-state index >= 15 is 0 Å². The number of anilines is 1. The highest BCUT2D eigenvalue weighted by molar-refractivity contribution is 7.10. The molecule has 7 heteroatoms. The number of thiophene rings is 1. The van der Waals surface area contributed by atoms with E-state index in [9.17, 15) is 14.7 Å². The van der Waals surface area contributed by atoms with Crippen molar-refractivity contribution in [1.29, 1.82) is 0 Å². The topological polar surface area (TPSA) is 76.1 Å². The number of aryl methyl sites for hydroxylation is 1. The zero-order valence-electron chi connectivity index (χ0n) is 20.5. The second kappa shape index (κ2) is 9.96. The largest absolute Gasteiger partial charge is 0.507 e. The highest BCUT2D eigenvalue weighted by Crippen LogP contribution is 2.44. The summed E-state index contributed by atoms with van der Waals surface area (Å²) in [5, 5.41) is 13.4. The molecule has 1 fully saturated rings. The number of amides is 1. The Kier molecular flexibility index (Phi) is 6.98. The summed E-state index contributed by atoms with van der Waals surface area (Å²) in [4.78, 5) is 28.9. The van der Waals surface area contributed by atoms with Gasteiger partial charge in [-0.3, -0.25) is 14.5 Å². The molecule has 35 heavy (non-hydrogen) atoms. The lowest BCUT2D eigenvalue weighted by Crippen LogP contribution is -2.29. The number of hydrogen-bond donors (Lipinski definition) is 1. The number of benzene rings is 2. The summed E-state index contributed by atoms with van der Waals surface area (Å²) >= 11 is 1.43. The van der Waals surface area contributed by atoms with Gasteiger partial charge in [-0.15, -0.1) is 11.3 Å². The van der Waals surface area contributed by atoms with Crippen molar-refractivity contribution in [3.05, 3.63) is 81.1 Å². The van der Waals surface area contributed by atoms with Crippen LogP contribution in [0, 0.1) is 6.92 Å². The van der Waals surface area contributed by atoms with Crippen molar-refractivity contribution in [2.45, 2.75) is 39.7 Å². The van der Waals surface area contributed by atoms with Gasteiger partial charge in [0.05, 0.1) is 19.3 Å². The van der Waals surface area contributed by atoms with Crippen molar-refractivity contribution in [3.8, 4) is 11.5 Å². The van der Waals surface area contributed by atoms with E-state index in [1.54, 1.807) is 31.4 Å². The first-order valence-corrected chi connectivity index (χ1v) is 12.4. The Balaban J connectivity index is 1.90. The van der Waals surface area contributed by atoms with Crippen LogP contribution in [0.3, 0.4) is 0 Å². The molecule has 0 radical (unpaired) electrons. The Morgan fingerprint density at radius 1 is 1.14 bits per heavy atom. The molecule has 1 atom stereocenters. The smallest absolute Gasteiger partial charge is 0.300 e. The summed E-state index contributed by atoms with van der Waals surface area (Å²) in [6.07, 6.45) is 0. The molecule has 1 saturated heterocycles. The van der Waals surface area contributed by atoms with Crippen molar-refractivity contribution in [2.75, 3.05) is 18.6 Å². The summed E-state index contributed by atoms with van der Waals surface area (Å²) in [5.74, 6) is -0.0385. The first-order chi connectivity index (χ1) is 16.8. The maximum absolute atomic E-state index is 13.4. The van der Waals surface area contributed by atoms with Gasteiger partial charge < -0.3 is 14.6 Å². The number of ether oxygens (including phenoxy) is 2. The van der Waals surface area contributed by atoms with E-state index in [0.29, 0.717) is 23.6 Å². The Morgan fingerprint density at radius 2 is 1.86 bits per heavy atom. The number of hydrogen-bond acceptors (Lipinski definition) is 6. The molecular formula is C28H29NO5S. The van der Waals surface area contributed by atoms with Crippen LogP contribution in [0.25, 0.3) is 5.76 Å². The molecular weight excluding hydrogens is 462 g/mol. The summed E-state index contributed by atoms with van der Waals surface area (Å²) < 4.78 is 11.1. The van der Waals surface area contributed by atoms with E-state index in [2.05, 4.69) is 0 Å². The van der Waals surface area contributed by atoms with Crippen LogP contribution in [-0.4, -0.2) is 30.5 Å². The second-order valence-electron chi connectivity index (χ2n) is 8.68. The minimum Gasteiger partial charge on any atom is -0.507 e. The molecule has 2 heterocycles. The molecule has 1 aromatic heterocycles. The third-order valence-electron chi connectivity index (χ3n) is 6.14. The minimum atomic E-state index is -0.739. The average Bonchev–Trinajstić information content (AvgIpc) is 3.46. The highest BCUT2D eigenvalue weighted by Gasteiger charge is 2.47. The molecule has 4 rings (SSSR count). The third kappa shape index (κ3) is 4.44. The van der Waals surface area contributed by atoms with E-state index in [-0.39, 0.29) is 17.3 Å². The predicted octanol–water partition coefficient (Wildman–Crippen LogP) is 6.21. The van der Waals surface area contributed by atoms with E-state index in [1.165, 1.54) is 16.2 Å². The van der Waals surface area contributed by atoms with E-state index in [0.717, 1.165) is 21.8 Å². The minimum absolute atomic E-state index is 0.0781. The molecule has 0 aliphatic carbocycles. The molecule has 3 aromatic rings. The summed E-state index contributed by atoms with van der Waals surface area (Å²) in [6, 6.07) is 13.8. The van der Waals surface area contributed by atoms with E-state index in [1.807, 2.05) is 57.3 Å². The standard InChI is InChI=1S/C28H29NO5S/c1-6-34-19-11-9-18(10-12-19)29-25(23-8-7-13-35-23)24(27(31)28(29)32)26(30)21-15-20(16(2)3)22(33-5)14-17(21)4/h7-16,25,30H,6H2,1-5H3/b26-24+. The van der Waals surface area contributed by atoms with Crippen LogP contribution in [0.15, 0.2) is 59.5 Å². The number of ketones is 1. The van der Waals surface area contributed by atoms with Crippen molar-refractivity contribution in [3.63, 3.8) is 0 Å². The molecule has 1 unspecified atom stereocenters. The summed E-state index contributed by atoms with van der Waals surface area (Å²) in [6.45, 7) is 8.35. The fourth-order valence-electron chi connectivity index (χ4n) is 4.41. The monoisotopic (exact) mass is 491 g/mol. The highest BCUT2D eigenvalue weighted by atomic mass is 32.1. The number of carbonyl (C=O) groups is 2. The van der Waals surface area contributed by atoms with Crippen molar-refractivity contribution in [2.24, 2.45) is 0 Å². The van der Waals surface area contributed by atoms with Gasteiger partial charge in [-0.05, 0) is 78.7 Å². The molecule has 1 aliphatic heterocycles. The normalized spacial score (nSPS) is 17.3. The van der Waals surface area contributed by atoms with Gasteiger partial charge in [-0.1, -0.05) is 19.9 Å². The van der Waals surface area contributed by atoms with Crippen LogP contribution in [0.1, 0.15) is 54.3 Å². The van der Waals surface area contributed by atoms with Crippen LogP contribution < -0.4 is 14.4 Å². The van der Waals surface area contributed by atoms with Crippen LogP contribution in [-0.2, 0) is 9.59 Å².